The van der Waals surface area contributed by atoms with Crippen LogP contribution in [-0.2, 0) is 4.84 Å². The maximum Gasteiger partial charge on any atom is 0.371 e. The molecule has 0 amide bonds. The molecule has 98 valence electrons. The highest BCUT2D eigenvalue weighted by Crippen LogP contribution is 2.23. The molecule has 0 fully saturated rings. The zero-order valence-corrected chi connectivity index (χ0v) is 9.15. The van der Waals surface area contributed by atoms with Crippen molar-refractivity contribution in [2.45, 2.75) is 13.8 Å². The predicted molar refractivity (Wildman–Crippen MR) is 50.4 cm³/mol. The summed E-state index contributed by atoms with van der Waals surface area (Å²) < 4.78 is 64.4. The highest BCUT2D eigenvalue weighted by atomic mass is 19.2. The molecule has 8 heteroatoms. The van der Waals surface area contributed by atoms with Gasteiger partial charge in [0.25, 0.3) is 0 Å². The molecule has 0 aromatic heterocycles. The third kappa shape index (κ3) is 2.47. The van der Waals surface area contributed by atoms with Gasteiger partial charge in [-0.2, -0.15) is 0 Å². The van der Waals surface area contributed by atoms with E-state index < -0.39 is 40.6 Å². The van der Waals surface area contributed by atoms with Crippen molar-refractivity contribution in [1.82, 2.24) is 0 Å². The van der Waals surface area contributed by atoms with E-state index in [0.29, 0.717) is 0 Å². The Morgan fingerprint density at radius 2 is 1.28 bits per heavy atom. The van der Waals surface area contributed by atoms with Gasteiger partial charge in [-0.05, 0) is 13.8 Å². The zero-order chi connectivity index (χ0) is 14.0. The number of carbonyl (C=O) groups is 1. The first kappa shape index (κ1) is 14.1. The van der Waals surface area contributed by atoms with Crippen molar-refractivity contribution in [2.75, 3.05) is 0 Å². The van der Waals surface area contributed by atoms with Crippen LogP contribution in [0.1, 0.15) is 24.2 Å². The number of carbonyl (C=O) groups excluding carboxylic acids is 1. The fourth-order valence-electron chi connectivity index (χ4n) is 0.963. The van der Waals surface area contributed by atoms with E-state index in [1.54, 1.807) is 0 Å². The van der Waals surface area contributed by atoms with Crippen molar-refractivity contribution in [2.24, 2.45) is 5.16 Å². The van der Waals surface area contributed by atoms with Crippen molar-refractivity contribution in [3.05, 3.63) is 34.6 Å². The first-order valence-corrected chi connectivity index (χ1v) is 4.51. The molecule has 0 aliphatic rings. The lowest BCUT2D eigenvalue weighted by Gasteiger charge is -2.05. The van der Waals surface area contributed by atoms with E-state index in [1.165, 1.54) is 13.8 Å². The first-order chi connectivity index (χ1) is 8.27. The van der Waals surface area contributed by atoms with E-state index in [-0.39, 0.29) is 5.71 Å². The van der Waals surface area contributed by atoms with Crippen LogP contribution in [0.25, 0.3) is 0 Å². The van der Waals surface area contributed by atoms with Crippen LogP contribution in [0.15, 0.2) is 5.16 Å². The molecule has 0 radical (unpaired) electrons. The topological polar surface area (TPSA) is 38.7 Å². The molecule has 0 aliphatic carbocycles. The smallest absolute Gasteiger partial charge is 0.313 e. The van der Waals surface area contributed by atoms with Gasteiger partial charge < -0.3 is 4.84 Å². The van der Waals surface area contributed by atoms with Gasteiger partial charge in [-0.3, -0.25) is 0 Å². The predicted octanol–water partition coefficient (Wildman–Crippen LogP) is 2.93. The van der Waals surface area contributed by atoms with Gasteiger partial charge in [0.2, 0.25) is 5.82 Å². The molecule has 0 unspecified atom stereocenters. The normalized spacial score (nSPS) is 10.2. The quantitative estimate of drug-likeness (QED) is 0.206. The SMILES string of the molecule is CC(C)=NOC(=O)c1c(F)c(F)c(F)c(F)c1F. The maximum atomic E-state index is 13.1. The van der Waals surface area contributed by atoms with E-state index in [4.69, 9.17) is 0 Å². The van der Waals surface area contributed by atoms with Crippen LogP contribution in [0.5, 0.6) is 0 Å². The van der Waals surface area contributed by atoms with Crippen molar-refractivity contribution in [3.8, 4) is 0 Å². The van der Waals surface area contributed by atoms with Gasteiger partial charge in [-0.25, -0.2) is 26.7 Å². The van der Waals surface area contributed by atoms with Crippen LogP contribution in [-0.4, -0.2) is 11.7 Å². The first-order valence-electron chi connectivity index (χ1n) is 4.51. The Morgan fingerprint density at radius 3 is 1.67 bits per heavy atom. The summed E-state index contributed by atoms with van der Waals surface area (Å²) in [6.07, 6.45) is 0. The molecule has 0 atom stereocenters. The van der Waals surface area contributed by atoms with Crippen molar-refractivity contribution in [3.63, 3.8) is 0 Å². The fraction of sp³-hybridized carbons (Fsp3) is 0.200. The van der Waals surface area contributed by atoms with Crippen LogP contribution in [0, 0.1) is 29.1 Å². The van der Waals surface area contributed by atoms with Gasteiger partial charge in [-0.1, -0.05) is 5.16 Å². The van der Waals surface area contributed by atoms with Gasteiger partial charge in [0.15, 0.2) is 23.3 Å². The minimum Gasteiger partial charge on any atom is -0.313 e. The Hall–Kier alpha value is -1.99. The average molecular weight is 267 g/mol. The Morgan fingerprint density at radius 1 is 0.889 bits per heavy atom. The Kier molecular flexibility index (Phi) is 4.00. The second-order valence-electron chi connectivity index (χ2n) is 3.36. The second-order valence-corrected chi connectivity index (χ2v) is 3.36. The molecule has 1 rings (SSSR count). The molecule has 0 N–H and O–H groups in total. The van der Waals surface area contributed by atoms with Crippen LogP contribution in [0.4, 0.5) is 22.0 Å². The van der Waals surface area contributed by atoms with E-state index >= 15 is 0 Å². The summed E-state index contributed by atoms with van der Waals surface area (Å²) in [5.41, 5.74) is -1.47. The number of hydrogen-bond acceptors (Lipinski definition) is 3. The lowest BCUT2D eigenvalue weighted by Crippen LogP contribution is -2.14. The van der Waals surface area contributed by atoms with Crippen LogP contribution < -0.4 is 0 Å². The molecule has 0 heterocycles. The molecule has 1 aromatic carbocycles. The number of halogens is 5. The molecule has 3 nitrogen and oxygen atoms in total. The molecule has 0 bridgehead atoms. The summed E-state index contributed by atoms with van der Waals surface area (Å²) in [5.74, 6) is -13.1. The number of hydrogen-bond donors (Lipinski definition) is 0. The molecule has 18 heavy (non-hydrogen) atoms. The van der Waals surface area contributed by atoms with Gasteiger partial charge >= 0.3 is 5.97 Å². The number of rotatable bonds is 2. The number of oxime groups is 1. The highest BCUT2D eigenvalue weighted by Gasteiger charge is 2.30. The molecule has 1 aromatic rings. The second kappa shape index (κ2) is 5.11. The largest absolute Gasteiger partial charge is 0.371 e. The minimum absolute atomic E-state index is 0.215. The summed E-state index contributed by atoms with van der Waals surface area (Å²) >= 11 is 0. The van der Waals surface area contributed by atoms with Crippen LogP contribution in [0.3, 0.4) is 0 Å². The van der Waals surface area contributed by atoms with Gasteiger partial charge in [0, 0.05) is 0 Å². The average Bonchev–Trinajstić information content (AvgIpc) is 2.31. The standard InChI is InChI=1S/C10H6F5NO2/c1-3(2)16-18-10(17)4-5(11)7(13)9(15)8(14)6(4)12/h1-2H3. The van der Waals surface area contributed by atoms with E-state index in [9.17, 15) is 26.7 Å². The van der Waals surface area contributed by atoms with Gasteiger partial charge in [0.1, 0.15) is 5.56 Å². The summed E-state index contributed by atoms with van der Waals surface area (Å²) in [6.45, 7) is 2.79. The molecule has 0 spiro atoms. The Bertz CT molecular complexity index is 509. The van der Waals surface area contributed by atoms with Crippen molar-refractivity contribution < 1.29 is 31.6 Å². The monoisotopic (exact) mass is 267 g/mol. The molecule has 0 saturated heterocycles. The van der Waals surface area contributed by atoms with Crippen molar-refractivity contribution in [1.29, 1.82) is 0 Å². The van der Waals surface area contributed by atoms with Crippen LogP contribution >= 0.6 is 0 Å². The third-order valence-electron chi connectivity index (χ3n) is 1.73. The Balaban J connectivity index is 3.33. The van der Waals surface area contributed by atoms with Gasteiger partial charge in [0.05, 0.1) is 5.71 Å². The number of nitrogens with zero attached hydrogens (tertiary/aromatic N) is 1. The zero-order valence-electron chi connectivity index (χ0n) is 9.15. The summed E-state index contributed by atoms with van der Waals surface area (Å²) in [7, 11) is 0. The lowest BCUT2D eigenvalue weighted by atomic mass is 10.1. The molecule has 0 aliphatic heterocycles. The molecular formula is C10H6F5NO2. The molecular weight excluding hydrogens is 261 g/mol. The van der Waals surface area contributed by atoms with Crippen LogP contribution in [0.2, 0.25) is 0 Å². The Labute approximate surface area is 97.8 Å². The fourth-order valence-corrected chi connectivity index (χ4v) is 0.963. The van der Waals surface area contributed by atoms with E-state index in [2.05, 4.69) is 9.99 Å². The minimum atomic E-state index is -2.35. The van der Waals surface area contributed by atoms with E-state index in [0.717, 1.165) is 0 Å². The third-order valence-corrected chi connectivity index (χ3v) is 1.73. The summed E-state index contributed by atoms with van der Waals surface area (Å²) in [4.78, 5) is 15.2. The lowest BCUT2D eigenvalue weighted by molar-refractivity contribution is 0.0501. The summed E-state index contributed by atoms with van der Waals surface area (Å²) in [6, 6.07) is 0. The maximum absolute atomic E-state index is 13.1. The summed E-state index contributed by atoms with van der Waals surface area (Å²) in [5, 5.41) is 3.06. The number of benzene rings is 1. The van der Waals surface area contributed by atoms with Gasteiger partial charge in [-0.15, -0.1) is 0 Å². The van der Waals surface area contributed by atoms with Crippen molar-refractivity contribution >= 4 is 11.7 Å². The molecule has 0 saturated carbocycles. The highest BCUT2D eigenvalue weighted by molar-refractivity contribution is 5.90. The van der Waals surface area contributed by atoms with E-state index in [1.807, 2.05) is 0 Å².